The van der Waals surface area contributed by atoms with Crippen molar-refractivity contribution in [3.05, 3.63) is 0 Å². The highest BCUT2D eigenvalue weighted by molar-refractivity contribution is 5.80. The first-order valence-electron chi connectivity index (χ1n) is 4.48. The zero-order valence-corrected chi connectivity index (χ0v) is 8.16. The average molecular weight is 204 g/mol. The Labute approximate surface area is 82.4 Å². The lowest BCUT2D eigenvalue weighted by Crippen LogP contribution is -2.46. The smallest absolute Gasteiger partial charge is 0.407 e. The topological polar surface area (TPSA) is 102 Å². The van der Waals surface area contributed by atoms with Crippen molar-refractivity contribution in [3.8, 4) is 0 Å². The summed E-state index contributed by atoms with van der Waals surface area (Å²) in [5.41, 5.74) is 5.13. The molecule has 0 aliphatic carbocycles. The molecule has 82 valence electrons. The first-order valence-corrected chi connectivity index (χ1v) is 4.48. The van der Waals surface area contributed by atoms with Crippen LogP contribution in [0.1, 0.15) is 19.8 Å². The monoisotopic (exact) mass is 204 g/mol. The Morgan fingerprint density at radius 2 is 2.21 bits per heavy atom. The maximum Gasteiger partial charge on any atom is 0.407 e. The van der Waals surface area contributed by atoms with Gasteiger partial charge in [0.15, 0.2) is 0 Å². The third-order valence-electron chi connectivity index (χ3n) is 1.56. The zero-order valence-electron chi connectivity index (χ0n) is 8.16. The molecule has 0 aromatic carbocycles. The first-order chi connectivity index (χ1) is 6.61. The SMILES string of the molecule is CCCCOC(=O)N[C@H](CN)C(=O)O. The molecule has 0 aliphatic rings. The number of alkyl carbamates (subject to hydrolysis) is 1. The number of amides is 1. The van der Waals surface area contributed by atoms with E-state index in [1.165, 1.54) is 0 Å². The molecule has 0 aromatic heterocycles. The predicted octanol–water partition coefficient (Wildman–Crippen LogP) is -0.0754. The van der Waals surface area contributed by atoms with Gasteiger partial charge in [0.2, 0.25) is 0 Å². The Morgan fingerprint density at radius 1 is 1.57 bits per heavy atom. The quantitative estimate of drug-likeness (QED) is 0.525. The highest BCUT2D eigenvalue weighted by atomic mass is 16.5. The van der Waals surface area contributed by atoms with E-state index in [1.807, 2.05) is 6.92 Å². The summed E-state index contributed by atoms with van der Waals surface area (Å²) in [6.45, 7) is 2.10. The van der Waals surface area contributed by atoms with E-state index in [1.54, 1.807) is 0 Å². The third kappa shape index (κ3) is 5.36. The number of nitrogens with two attached hydrogens (primary N) is 1. The molecule has 0 rings (SSSR count). The van der Waals surface area contributed by atoms with Crippen molar-refractivity contribution in [2.45, 2.75) is 25.8 Å². The van der Waals surface area contributed by atoms with Crippen LogP contribution in [0.4, 0.5) is 4.79 Å². The summed E-state index contributed by atoms with van der Waals surface area (Å²) >= 11 is 0. The van der Waals surface area contributed by atoms with Crippen molar-refractivity contribution in [1.29, 1.82) is 0 Å². The Kier molecular flexibility index (Phi) is 6.47. The number of rotatable bonds is 6. The molecule has 14 heavy (non-hydrogen) atoms. The van der Waals surface area contributed by atoms with Gasteiger partial charge in [-0.1, -0.05) is 13.3 Å². The molecule has 6 nitrogen and oxygen atoms in total. The zero-order chi connectivity index (χ0) is 11.0. The molecule has 1 atom stereocenters. The summed E-state index contributed by atoms with van der Waals surface area (Å²) in [6.07, 6.45) is 0.927. The van der Waals surface area contributed by atoms with E-state index < -0.39 is 18.1 Å². The van der Waals surface area contributed by atoms with Crippen molar-refractivity contribution in [1.82, 2.24) is 5.32 Å². The minimum Gasteiger partial charge on any atom is -0.480 e. The van der Waals surface area contributed by atoms with Gasteiger partial charge in [-0.25, -0.2) is 9.59 Å². The van der Waals surface area contributed by atoms with Gasteiger partial charge in [-0.05, 0) is 6.42 Å². The number of aliphatic carboxylic acids is 1. The van der Waals surface area contributed by atoms with E-state index in [0.29, 0.717) is 6.61 Å². The molecule has 0 saturated heterocycles. The molecule has 0 spiro atoms. The van der Waals surface area contributed by atoms with Crippen LogP contribution in [0.5, 0.6) is 0 Å². The molecule has 0 fully saturated rings. The number of nitrogens with one attached hydrogen (secondary N) is 1. The molecular weight excluding hydrogens is 188 g/mol. The lowest BCUT2D eigenvalue weighted by atomic mass is 10.3. The van der Waals surface area contributed by atoms with E-state index in [2.05, 4.69) is 5.32 Å². The Hall–Kier alpha value is -1.30. The van der Waals surface area contributed by atoms with Gasteiger partial charge in [0, 0.05) is 6.54 Å². The molecule has 1 amide bonds. The van der Waals surface area contributed by atoms with E-state index in [0.717, 1.165) is 12.8 Å². The lowest BCUT2D eigenvalue weighted by Gasteiger charge is -2.11. The van der Waals surface area contributed by atoms with Gasteiger partial charge in [-0.3, -0.25) is 0 Å². The highest BCUT2D eigenvalue weighted by Crippen LogP contribution is 1.89. The van der Waals surface area contributed by atoms with Gasteiger partial charge in [0.25, 0.3) is 0 Å². The predicted molar refractivity (Wildman–Crippen MR) is 49.9 cm³/mol. The van der Waals surface area contributed by atoms with Gasteiger partial charge >= 0.3 is 12.1 Å². The summed E-state index contributed by atoms with van der Waals surface area (Å²) in [7, 11) is 0. The fourth-order valence-electron chi connectivity index (χ4n) is 0.715. The maximum absolute atomic E-state index is 10.9. The van der Waals surface area contributed by atoms with Gasteiger partial charge in [-0.15, -0.1) is 0 Å². The lowest BCUT2D eigenvalue weighted by molar-refractivity contribution is -0.139. The number of unbranched alkanes of at least 4 members (excludes halogenated alkanes) is 1. The molecule has 6 heteroatoms. The summed E-state index contributed by atoms with van der Waals surface area (Å²) in [5, 5.41) is 10.7. The second-order valence-corrected chi connectivity index (χ2v) is 2.76. The van der Waals surface area contributed by atoms with Crippen LogP contribution < -0.4 is 11.1 Å². The molecular formula is C8H16N2O4. The Bertz CT molecular complexity index is 196. The fraction of sp³-hybridized carbons (Fsp3) is 0.750. The Balaban J connectivity index is 3.74. The molecule has 4 N–H and O–H groups in total. The van der Waals surface area contributed by atoms with Crippen LogP contribution in [0.15, 0.2) is 0 Å². The summed E-state index contributed by atoms with van der Waals surface area (Å²) in [6, 6.07) is -1.08. The number of carboxylic acids is 1. The minimum absolute atomic E-state index is 0.155. The number of hydrogen-bond donors (Lipinski definition) is 3. The van der Waals surface area contributed by atoms with Crippen LogP contribution in [-0.4, -0.2) is 36.4 Å². The summed E-state index contributed by atoms with van der Waals surface area (Å²) in [4.78, 5) is 21.4. The van der Waals surface area contributed by atoms with E-state index in [4.69, 9.17) is 15.6 Å². The second-order valence-electron chi connectivity index (χ2n) is 2.76. The number of carbonyl (C=O) groups excluding carboxylic acids is 1. The van der Waals surface area contributed by atoms with Gasteiger partial charge in [0.05, 0.1) is 6.61 Å². The van der Waals surface area contributed by atoms with Gasteiger partial charge in [0.1, 0.15) is 6.04 Å². The number of ether oxygens (including phenoxy) is 1. The second kappa shape index (κ2) is 7.14. The van der Waals surface area contributed by atoms with Crippen molar-refractivity contribution < 1.29 is 19.4 Å². The maximum atomic E-state index is 10.9. The molecule has 0 unspecified atom stereocenters. The first kappa shape index (κ1) is 12.7. The van der Waals surface area contributed by atoms with Crippen LogP contribution in [0.25, 0.3) is 0 Å². The van der Waals surface area contributed by atoms with E-state index in [-0.39, 0.29) is 6.54 Å². The molecule has 0 radical (unpaired) electrons. The number of carboxylic acid groups (broad SMARTS) is 1. The van der Waals surface area contributed by atoms with Crippen LogP contribution in [0, 0.1) is 0 Å². The van der Waals surface area contributed by atoms with Crippen LogP contribution in [-0.2, 0) is 9.53 Å². The molecule has 0 saturated carbocycles. The number of carbonyl (C=O) groups is 2. The van der Waals surface area contributed by atoms with Crippen molar-refractivity contribution in [3.63, 3.8) is 0 Å². The van der Waals surface area contributed by atoms with Gasteiger partial charge in [-0.2, -0.15) is 0 Å². The van der Waals surface area contributed by atoms with E-state index in [9.17, 15) is 9.59 Å². The van der Waals surface area contributed by atoms with Crippen LogP contribution in [0.3, 0.4) is 0 Å². The van der Waals surface area contributed by atoms with Crippen molar-refractivity contribution >= 4 is 12.1 Å². The van der Waals surface area contributed by atoms with Gasteiger partial charge < -0.3 is 20.9 Å². The molecule has 0 heterocycles. The molecule has 0 aliphatic heterocycles. The van der Waals surface area contributed by atoms with Crippen LogP contribution >= 0.6 is 0 Å². The Morgan fingerprint density at radius 3 is 2.64 bits per heavy atom. The van der Waals surface area contributed by atoms with Crippen molar-refractivity contribution in [2.75, 3.05) is 13.2 Å². The largest absolute Gasteiger partial charge is 0.480 e. The fourth-order valence-corrected chi connectivity index (χ4v) is 0.715. The number of hydrogen-bond acceptors (Lipinski definition) is 4. The molecule has 0 aromatic rings. The minimum atomic E-state index is -1.17. The van der Waals surface area contributed by atoms with Crippen molar-refractivity contribution in [2.24, 2.45) is 5.73 Å². The summed E-state index contributed by atoms with van der Waals surface area (Å²) in [5.74, 6) is -1.17. The standard InChI is InChI=1S/C8H16N2O4/c1-2-3-4-14-8(13)10-6(5-9)7(11)12/h6H,2-5,9H2,1H3,(H,10,13)(H,11,12)/t6-/m1/s1. The average Bonchev–Trinajstić information content (AvgIpc) is 2.14. The third-order valence-corrected chi connectivity index (χ3v) is 1.56. The van der Waals surface area contributed by atoms with Crippen LogP contribution in [0.2, 0.25) is 0 Å². The normalized spacial score (nSPS) is 11.9. The molecule has 0 bridgehead atoms. The highest BCUT2D eigenvalue weighted by Gasteiger charge is 2.18. The summed E-state index contributed by atoms with van der Waals surface area (Å²) < 4.78 is 4.70. The van der Waals surface area contributed by atoms with E-state index >= 15 is 0 Å².